The van der Waals surface area contributed by atoms with E-state index in [1.54, 1.807) is 27.6 Å². The first kappa shape index (κ1) is 33.0. The molecule has 0 aliphatic carbocycles. The monoisotopic (exact) mass is 734 g/mol. The minimum atomic E-state index is -0.731. The van der Waals surface area contributed by atoms with Crippen molar-refractivity contribution >= 4 is 57.7 Å². The number of carbonyl (C=O) groups excluding carboxylic acids is 2. The first-order valence-corrected chi connectivity index (χ1v) is 16.4. The molecule has 2 aliphatic heterocycles. The number of ether oxygens (including phenoxy) is 4. The first-order chi connectivity index (χ1) is 21.3. The van der Waals surface area contributed by atoms with E-state index in [0.29, 0.717) is 62.2 Å². The largest absolute Gasteiger partial charge is 0.491 e. The summed E-state index contributed by atoms with van der Waals surface area (Å²) < 4.78 is 25.1. The van der Waals surface area contributed by atoms with Gasteiger partial charge in [0, 0.05) is 38.3 Å². The van der Waals surface area contributed by atoms with Gasteiger partial charge in [-0.15, -0.1) is 0 Å². The number of hydrogen-bond acceptors (Lipinski definition) is 9. The molecular weight excluding hydrogens is 691 g/mol. The lowest BCUT2D eigenvalue weighted by Gasteiger charge is -2.39. The first-order valence-electron chi connectivity index (χ1n) is 15.3. The van der Waals surface area contributed by atoms with E-state index >= 15 is 0 Å². The van der Waals surface area contributed by atoms with E-state index in [1.165, 1.54) is 0 Å². The van der Waals surface area contributed by atoms with Gasteiger partial charge in [-0.25, -0.2) is 19.5 Å². The number of amides is 2. The number of anilines is 3. The van der Waals surface area contributed by atoms with Crippen molar-refractivity contribution in [2.45, 2.75) is 78.0 Å². The van der Waals surface area contributed by atoms with Crippen LogP contribution >= 0.6 is 22.6 Å². The minimum absolute atomic E-state index is 0.0504. The van der Waals surface area contributed by atoms with E-state index in [4.69, 9.17) is 23.9 Å². The van der Waals surface area contributed by atoms with Crippen molar-refractivity contribution in [3.63, 3.8) is 0 Å². The number of nitrogens with zero attached hydrogens (tertiary/aromatic N) is 6. The highest BCUT2D eigenvalue weighted by Gasteiger charge is 2.39. The summed E-state index contributed by atoms with van der Waals surface area (Å²) in [6.07, 6.45) is 3.34. The maximum Gasteiger partial charge on any atom is 0.420 e. The Hall–Kier alpha value is -3.33. The number of piperidine rings is 1. The highest BCUT2D eigenvalue weighted by Crippen LogP contribution is 2.41. The van der Waals surface area contributed by atoms with Crippen molar-refractivity contribution in [3.05, 3.63) is 39.6 Å². The van der Waals surface area contributed by atoms with Gasteiger partial charge in [-0.2, -0.15) is 9.61 Å². The van der Waals surface area contributed by atoms with Crippen LogP contribution in [0.15, 0.2) is 30.5 Å². The summed E-state index contributed by atoms with van der Waals surface area (Å²) in [5, 5.41) is 4.67. The number of rotatable bonds is 7. The molecule has 2 aromatic heterocycles. The molecule has 2 aliphatic rings. The highest BCUT2D eigenvalue weighted by molar-refractivity contribution is 14.1. The molecule has 1 saturated heterocycles. The molecular formula is C32H43IN6O6. The van der Waals surface area contributed by atoms with Crippen LogP contribution < -0.4 is 14.5 Å². The van der Waals surface area contributed by atoms with Crippen molar-refractivity contribution in [2.75, 3.05) is 49.8 Å². The number of aromatic nitrogens is 3. The fourth-order valence-electron chi connectivity index (χ4n) is 5.62. The van der Waals surface area contributed by atoms with Gasteiger partial charge in [0.25, 0.3) is 0 Å². The Bertz CT molecular complexity index is 1530. The second kappa shape index (κ2) is 13.2. The third kappa shape index (κ3) is 7.56. The van der Waals surface area contributed by atoms with Gasteiger partial charge in [-0.3, -0.25) is 0 Å². The summed E-state index contributed by atoms with van der Waals surface area (Å²) in [6.45, 7) is 14.0. The normalized spacial score (nSPS) is 16.9. The van der Waals surface area contributed by atoms with Crippen molar-refractivity contribution in [1.29, 1.82) is 0 Å². The Kier molecular flexibility index (Phi) is 9.68. The van der Waals surface area contributed by atoms with Crippen molar-refractivity contribution in [3.8, 4) is 5.75 Å². The Morgan fingerprint density at radius 1 is 1.02 bits per heavy atom. The molecule has 45 heavy (non-hydrogen) atoms. The van der Waals surface area contributed by atoms with Crippen LogP contribution in [0.25, 0.3) is 5.65 Å². The van der Waals surface area contributed by atoms with Crippen molar-refractivity contribution in [1.82, 2.24) is 19.5 Å². The molecule has 0 spiro atoms. The van der Waals surface area contributed by atoms with E-state index in [9.17, 15) is 9.59 Å². The number of fused-ring (bicyclic) bond motifs is 2. The molecule has 12 nitrogen and oxygen atoms in total. The average Bonchev–Trinajstić information content (AvgIpc) is 3.55. The van der Waals surface area contributed by atoms with E-state index in [0.717, 1.165) is 27.8 Å². The fourth-order valence-corrected chi connectivity index (χ4v) is 6.09. The van der Waals surface area contributed by atoms with Gasteiger partial charge in [0.05, 0.1) is 22.1 Å². The zero-order valence-corrected chi connectivity index (χ0v) is 29.3. The van der Waals surface area contributed by atoms with Crippen LogP contribution in [-0.4, -0.2) is 88.9 Å². The Morgan fingerprint density at radius 2 is 1.73 bits per heavy atom. The van der Waals surface area contributed by atoms with Crippen LogP contribution in [0.3, 0.4) is 0 Å². The van der Waals surface area contributed by atoms with Crippen LogP contribution in [0, 0.1) is 3.57 Å². The number of methoxy groups -OCH3 is 1. The maximum atomic E-state index is 14.0. The highest BCUT2D eigenvalue weighted by atomic mass is 127. The van der Waals surface area contributed by atoms with Gasteiger partial charge < -0.3 is 28.7 Å². The summed E-state index contributed by atoms with van der Waals surface area (Å²) in [4.78, 5) is 37.8. The minimum Gasteiger partial charge on any atom is -0.491 e. The van der Waals surface area contributed by atoms with E-state index < -0.39 is 17.3 Å². The van der Waals surface area contributed by atoms with Gasteiger partial charge in [-0.1, -0.05) is 0 Å². The quantitative estimate of drug-likeness (QED) is 0.207. The second-order valence-corrected chi connectivity index (χ2v) is 14.4. The van der Waals surface area contributed by atoms with Crippen LogP contribution in [0.2, 0.25) is 0 Å². The lowest BCUT2D eigenvalue weighted by Crippen LogP contribution is -2.50. The number of hydrogen-bond donors (Lipinski definition) is 0. The average molecular weight is 735 g/mol. The fraction of sp³-hybridized carbons (Fsp3) is 0.562. The Labute approximate surface area is 278 Å². The Balaban J connectivity index is 1.56. The van der Waals surface area contributed by atoms with Gasteiger partial charge in [0.2, 0.25) is 0 Å². The molecule has 1 aromatic carbocycles. The van der Waals surface area contributed by atoms with Gasteiger partial charge in [-0.05, 0) is 108 Å². The predicted molar refractivity (Wildman–Crippen MR) is 180 cm³/mol. The molecule has 0 unspecified atom stereocenters. The van der Waals surface area contributed by atoms with Gasteiger partial charge in [0.1, 0.15) is 29.4 Å². The molecule has 244 valence electrons. The topological polar surface area (TPSA) is 111 Å². The van der Waals surface area contributed by atoms with E-state index in [1.807, 2.05) is 65.8 Å². The van der Waals surface area contributed by atoms with E-state index in [-0.39, 0.29) is 12.1 Å². The summed E-state index contributed by atoms with van der Waals surface area (Å²) in [5.74, 6) is 2.04. The second-order valence-electron chi connectivity index (χ2n) is 13.3. The summed E-state index contributed by atoms with van der Waals surface area (Å²) >= 11 is 2.22. The lowest BCUT2D eigenvalue weighted by atomic mass is 10.0. The third-order valence-corrected chi connectivity index (χ3v) is 8.22. The van der Waals surface area contributed by atoms with Crippen LogP contribution in [0.1, 0.15) is 59.9 Å². The molecule has 13 heteroatoms. The van der Waals surface area contributed by atoms with Crippen LogP contribution in [-0.2, 0) is 20.6 Å². The molecule has 2 amide bonds. The number of halogens is 1. The predicted octanol–water partition coefficient (Wildman–Crippen LogP) is 6.19. The molecule has 0 radical (unpaired) electrons. The molecule has 1 fully saturated rings. The molecule has 0 N–H and O–H groups in total. The molecule has 1 atom stereocenters. The SMILES string of the molecule is COCCOc1ccc(N(C(=O)OC(C)(C)C)c2c3c(nc4c(I)cnn24)N([C@H]2CCCN(C(=O)OC(C)(C)C)C2)CC3)cc1. The van der Waals surface area contributed by atoms with Crippen LogP contribution in [0.4, 0.5) is 26.9 Å². The summed E-state index contributed by atoms with van der Waals surface area (Å²) in [7, 11) is 1.63. The van der Waals surface area contributed by atoms with Crippen LogP contribution in [0.5, 0.6) is 5.75 Å². The smallest absolute Gasteiger partial charge is 0.420 e. The molecule has 0 bridgehead atoms. The molecule has 0 saturated carbocycles. The zero-order valence-electron chi connectivity index (χ0n) is 27.1. The Morgan fingerprint density at radius 3 is 2.40 bits per heavy atom. The number of likely N-dealkylation sites (tertiary alicyclic amines) is 1. The summed E-state index contributed by atoms with van der Waals surface area (Å²) in [6, 6.07) is 7.38. The molecule has 4 heterocycles. The van der Waals surface area contributed by atoms with Crippen molar-refractivity contribution in [2.24, 2.45) is 0 Å². The molecule has 3 aromatic rings. The number of carbonyl (C=O) groups is 2. The third-order valence-electron chi connectivity index (χ3n) is 7.46. The molecule has 5 rings (SSSR count). The lowest BCUT2D eigenvalue weighted by molar-refractivity contribution is 0.0198. The summed E-state index contributed by atoms with van der Waals surface area (Å²) in [5.41, 5.74) is 0.846. The van der Waals surface area contributed by atoms with Crippen molar-refractivity contribution < 1.29 is 28.5 Å². The standard InChI is InChI=1S/C32H43IN6O6/c1-31(2,3)44-29(40)36-15-8-9-22(20-36)37-16-14-24-26(37)35-27-25(33)19-34-39(27)28(24)38(30(41)45-32(4,5)6)21-10-12-23(13-11-21)43-18-17-42-7/h10-13,19,22H,8-9,14-18,20H2,1-7H3/t22-/m0/s1. The van der Waals surface area contributed by atoms with E-state index in [2.05, 4.69) is 32.6 Å². The van der Waals surface area contributed by atoms with Gasteiger partial charge >= 0.3 is 12.2 Å². The number of benzene rings is 1. The maximum absolute atomic E-state index is 14.0. The van der Waals surface area contributed by atoms with Gasteiger partial charge in [0.15, 0.2) is 11.5 Å². The zero-order chi connectivity index (χ0) is 32.5.